The number of benzene rings is 3. The van der Waals surface area contributed by atoms with Crippen LogP contribution in [0.4, 0.5) is 0 Å². The quantitative estimate of drug-likeness (QED) is 0.419. The summed E-state index contributed by atoms with van der Waals surface area (Å²) in [5, 5.41) is 5.13. The molecule has 3 aromatic carbocycles. The van der Waals surface area contributed by atoms with Gasteiger partial charge in [-0.3, -0.25) is 0 Å². The predicted molar refractivity (Wildman–Crippen MR) is 103 cm³/mol. The van der Waals surface area contributed by atoms with E-state index in [0.29, 0.717) is 5.92 Å². The maximum atomic E-state index is 6.22. The number of aromatic nitrogens is 1. The monoisotopic (exact) mass is 323 g/mol. The highest BCUT2D eigenvalue weighted by atomic mass is 16.5. The third-order valence-corrected chi connectivity index (χ3v) is 5.71. The molecule has 2 aliphatic rings. The van der Waals surface area contributed by atoms with Gasteiger partial charge in [0.15, 0.2) is 0 Å². The molecule has 2 heteroatoms. The summed E-state index contributed by atoms with van der Waals surface area (Å²) < 4.78 is 8.53. The highest BCUT2D eigenvalue weighted by molar-refractivity contribution is 6.13. The molecule has 120 valence electrons. The average molecular weight is 323 g/mol. The van der Waals surface area contributed by atoms with Gasteiger partial charge in [-0.25, -0.2) is 0 Å². The minimum absolute atomic E-state index is 0.143. The fourth-order valence-corrected chi connectivity index (χ4v) is 4.42. The van der Waals surface area contributed by atoms with Gasteiger partial charge in [-0.15, -0.1) is 0 Å². The summed E-state index contributed by atoms with van der Waals surface area (Å²) in [4.78, 5) is 0. The van der Waals surface area contributed by atoms with Crippen molar-refractivity contribution in [3.8, 4) is 5.75 Å². The summed E-state index contributed by atoms with van der Waals surface area (Å²) in [7, 11) is 2.16. The van der Waals surface area contributed by atoms with Crippen LogP contribution in [-0.2, 0) is 7.05 Å². The molecule has 4 aromatic rings. The van der Waals surface area contributed by atoms with E-state index >= 15 is 0 Å². The van der Waals surface area contributed by atoms with Crippen molar-refractivity contribution in [3.05, 3.63) is 78.4 Å². The highest BCUT2D eigenvalue weighted by Crippen LogP contribution is 2.45. The molecule has 1 aliphatic heterocycles. The van der Waals surface area contributed by atoms with Gasteiger partial charge in [0.2, 0.25) is 0 Å². The van der Waals surface area contributed by atoms with Gasteiger partial charge in [-0.05, 0) is 41.1 Å². The number of hydrogen-bond donors (Lipinski definition) is 0. The Balaban J connectivity index is 1.70. The molecule has 0 N–H and O–H groups in total. The van der Waals surface area contributed by atoms with Crippen LogP contribution in [0.5, 0.6) is 5.75 Å². The van der Waals surface area contributed by atoms with Crippen LogP contribution in [0.15, 0.2) is 72.8 Å². The van der Waals surface area contributed by atoms with E-state index in [1.165, 1.54) is 38.1 Å². The van der Waals surface area contributed by atoms with E-state index in [1.54, 1.807) is 0 Å². The zero-order valence-electron chi connectivity index (χ0n) is 13.9. The Kier molecular flexibility index (Phi) is 2.42. The van der Waals surface area contributed by atoms with Crippen LogP contribution in [-0.4, -0.2) is 10.7 Å². The first-order chi connectivity index (χ1) is 12.3. The lowest BCUT2D eigenvalue weighted by Crippen LogP contribution is -2.15. The fraction of sp³-hybridized carbons (Fsp3) is 0.130. The van der Waals surface area contributed by atoms with Gasteiger partial charge in [-0.1, -0.05) is 42.5 Å². The van der Waals surface area contributed by atoms with Crippen LogP contribution in [0.25, 0.3) is 32.6 Å². The number of nitrogens with zero attached hydrogens (tertiary/aromatic N) is 1. The third-order valence-electron chi connectivity index (χ3n) is 5.71. The number of aryl methyl sites for hydroxylation is 1. The van der Waals surface area contributed by atoms with Gasteiger partial charge in [0.05, 0.1) is 0 Å². The Morgan fingerprint density at radius 3 is 2.44 bits per heavy atom. The molecule has 2 unspecified atom stereocenters. The van der Waals surface area contributed by atoms with Crippen molar-refractivity contribution in [1.82, 2.24) is 4.57 Å². The lowest BCUT2D eigenvalue weighted by Gasteiger charge is -2.13. The molecule has 1 aromatic heterocycles. The van der Waals surface area contributed by atoms with Crippen molar-refractivity contribution < 1.29 is 4.74 Å². The second-order valence-corrected chi connectivity index (χ2v) is 7.06. The molecular formula is C23H17NO. The van der Waals surface area contributed by atoms with Crippen molar-refractivity contribution in [2.24, 2.45) is 7.05 Å². The van der Waals surface area contributed by atoms with Crippen LogP contribution < -0.4 is 4.74 Å². The minimum Gasteiger partial charge on any atom is -0.485 e. The average Bonchev–Trinajstić information content (AvgIpc) is 3.14. The summed E-state index contributed by atoms with van der Waals surface area (Å²) in [5.74, 6) is 1.36. The molecule has 2 atom stereocenters. The van der Waals surface area contributed by atoms with Crippen molar-refractivity contribution >= 4 is 32.6 Å². The van der Waals surface area contributed by atoms with E-state index in [9.17, 15) is 0 Å². The minimum atomic E-state index is 0.143. The van der Waals surface area contributed by atoms with Crippen molar-refractivity contribution in [3.63, 3.8) is 0 Å². The zero-order chi connectivity index (χ0) is 16.5. The van der Waals surface area contributed by atoms with Gasteiger partial charge in [0.25, 0.3) is 0 Å². The van der Waals surface area contributed by atoms with E-state index in [4.69, 9.17) is 4.74 Å². The van der Waals surface area contributed by atoms with Gasteiger partial charge in [0.1, 0.15) is 11.9 Å². The van der Waals surface area contributed by atoms with E-state index in [2.05, 4.69) is 84.4 Å². The molecule has 0 saturated carbocycles. The number of fused-ring (bicyclic) bond motifs is 7. The Morgan fingerprint density at radius 2 is 1.56 bits per heavy atom. The Hall–Kier alpha value is -3.00. The molecule has 2 heterocycles. The van der Waals surface area contributed by atoms with Gasteiger partial charge in [0, 0.05) is 40.3 Å². The molecule has 0 bridgehead atoms. The van der Waals surface area contributed by atoms with E-state index in [-0.39, 0.29) is 6.10 Å². The number of rotatable bonds is 0. The van der Waals surface area contributed by atoms with Gasteiger partial charge >= 0.3 is 0 Å². The second-order valence-electron chi connectivity index (χ2n) is 7.06. The maximum absolute atomic E-state index is 6.22. The first-order valence-electron chi connectivity index (χ1n) is 8.76. The van der Waals surface area contributed by atoms with Crippen molar-refractivity contribution in [1.29, 1.82) is 0 Å². The number of allylic oxidation sites excluding steroid dienone is 2. The highest BCUT2D eigenvalue weighted by Gasteiger charge is 2.32. The van der Waals surface area contributed by atoms with Crippen molar-refractivity contribution in [2.75, 3.05) is 0 Å². The Morgan fingerprint density at radius 1 is 0.840 bits per heavy atom. The lowest BCUT2D eigenvalue weighted by atomic mass is 9.91. The molecule has 2 nitrogen and oxygen atoms in total. The van der Waals surface area contributed by atoms with Crippen LogP contribution in [0.3, 0.4) is 0 Å². The van der Waals surface area contributed by atoms with Gasteiger partial charge in [-0.2, -0.15) is 0 Å². The largest absolute Gasteiger partial charge is 0.485 e. The molecule has 0 fully saturated rings. The lowest BCUT2D eigenvalue weighted by molar-refractivity contribution is 0.269. The molecular weight excluding hydrogens is 306 g/mol. The van der Waals surface area contributed by atoms with E-state index in [0.717, 1.165) is 5.75 Å². The maximum Gasteiger partial charge on any atom is 0.128 e. The molecule has 0 radical (unpaired) electrons. The summed E-state index contributed by atoms with van der Waals surface area (Å²) in [6.45, 7) is 0. The predicted octanol–water partition coefficient (Wildman–Crippen LogP) is 5.46. The first kappa shape index (κ1) is 13.3. The molecule has 25 heavy (non-hydrogen) atoms. The molecule has 1 aliphatic carbocycles. The van der Waals surface area contributed by atoms with Crippen LogP contribution in [0, 0.1) is 0 Å². The second kappa shape index (κ2) is 4.54. The smallest absolute Gasteiger partial charge is 0.128 e. The van der Waals surface area contributed by atoms with Crippen molar-refractivity contribution in [2.45, 2.75) is 12.0 Å². The standard InChI is InChI=1S/C23H17NO/c1-24-20-11-15-7-3-2-6-14(15)10-17(20)18-13-23-19(12-21(18)24)16-8-4-5-9-22(16)25-23/h2-13,16,22H,1H3. The summed E-state index contributed by atoms with van der Waals surface area (Å²) in [6, 6.07) is 17.7. The van der Waals surface area contributed by atoms with E-state index in [1.807, 2.05) is 0 Å². The molecule has 6 rings (SSSR count). The first-order valence-corrected chi connectivity index (χ1v) is 8.76. The Labute approximate surface area is 145 Å². The van der Waals surface area contributed by atoms with E-state index < -0.39 is 0 Å². The summed E-state index contributed by atoms with van der Waals surface area (Å²) in [6.07, 6.45) is 8.75. The topological polar surface area (TPSA) is 14.2 Å². The zero-order valence-corrected chi connectivity index (χ0v) is 13.9. The number of ether oxygens (including phenoxy) is 1. The fourth-order valence-electron chi connectivity index (χ4n) is 4.42. The normalized spacial score (nSPS) is 21.0. The molecule has 0 spiro atoms. The number of hydrogen-bond acceptors (Lipinski definition) is 1. The summed E-state index contributed by atoms with van der Waals surface area (Å²) in [5.41, 5.74) is 3.85. The van der Waals surface area contributed by atoms with Crippen LogP contribution >= 0.6 is 0 Å². The van der Waals surface area contributed by atoms with Crippen LogP contribution in [0.2, 0.25) is 0 Å². The third kappa shape index (κ3) is 1.69. The molecule has 0 saturated heterocycles. The Bertz CT molecular complexity index is 1240. The summed E-state index contributed by atoms with van der Waals surface area (Å²) >= 11 is 0. The van der Waals surface area contributed by atoms with Gasteiger partial charge < -0.3 is 9.30 Å². The SMILES string of the molecule is Cn1c2cc3c(cc2c2cc4ccccc4cc21)OC1C=CC=CC31. The molecule has 0 amide bonds. The van der Waals surface area contributed by atoms with Crippen LogP contribution in [0.1, 0.15) is 11.5 Å².